The van der Waals surface area contributed by atoms with E-state index >= 15 is 0 Å². The Balaban J connectivity index is 0.00000182. The number of nitrogens with one attached hydrogen (secondary N) is 2. The molecule has 0 unspecified atom stereocenters. The number of benzene rings is 1. The van der Waals surface area contributed by atoms with Crippen molar-refractivity contribution in [3.8, 4) is 0 Å². The van der Waals surface area contributed by atoms with Crippen LogP contribution in [0.4, 0.5) is 5.95 Å². The summed E-state index contributed by atoms with van der Waals surface area (Å²) in [5, 5.41) is 8.32. The van der Waals surface area contributed by atoms with Gasteiger partial charge in [0.1, 0.15) is 0 Å². The molecule has 1 aromatic carbocycles. The molecule has 148 valence electrons. The average Bonchev–Trinajstić information content (AvgIpc) is 3.22. The minimum atomic E-state index is 0. The van der Waals surface area contributed by atoms with Crippen molar-refractivity contribution in [2.45, 2.75) is 25.7 Å². The highest BCUT2D eigenvalue weighted by Crippen LogP contribution is 2.20. The van der Waals surface area contributed by atoms with Crippen LogP contribution in [0.2, 0.25) is 0 Å². The maximum atomic E-state index is 5.33. The van der Waals surface area contributed by atoms with Gasteiger partial charge in [-0.3, -0.25) is 4.99 Å². The Morgan fingerprint density at radius 1 is 1.15 bits per heavy atom. The van der Waals surface area contributed by atoms with Crippen molar-refractivity contribution in [2.75, 3.05) is 18.4 Å². The second kappa shape index (κ2) is 11.3. The van der Waals surface area contributed by atoms with E-state index in [1.165, 1.54) is 5.39 Å². The van der Waals surface area contributed by atoms with Crippen LogP contribution < -0.4 is 16.8 Å². The minimum Gasteiger partial charge on any atom is -0.370 e. The number of aliphatic imine (C=N–C) groups is 1. The van der Waals surface area contributed by atoms with Crippen molar-refractivity contribution < 1.29 is 4.52 Å². The minimum absolute atomic E-state index is 0. The molecule has 0 aliphatic rings. The van der Waals surface area contributed by atoms with E-state index in [2.05, 4.69) is 31.5 Å². The van der Waals surface area contributed by atoms with Gasteiger partial charge in [-0.15, -0.1) is 24.8 Å². The largest absolute Gasteiger partial charge is 0.370 e. The number of fused-ring (bicyclic) bond motifs is 1. The number of nitrogens with zero attached hydrogens (tertiary/aromatic N) is 3. The van der Waals surface area contributed by atoms with Crippen molar-refractivity contribution in [3.63, 3.8) is 0 Å². The van der Waals surface area contributed by atoms with Gasteiger partial charge in [0, 0.05) is 30.2 Å². The third-order valence-corrected chi connectivity index (χ3v) is 3.90. The van der Waals surface area contributed by atoms with Crippen LogP contribution in [0, 0.1) is 0 Å². The molecule has 0 spiro atoms. The molecule has 0 amide bonds. The number of nitrogens with two attached hydrogens (primary N) is 2. The van der Waals surface area contributed by atoms with Crippen LogP contribution in [-0.2, 0) is 6.42 Å². The Kier molecular flexibility index (Phi) is 9.46. The molecule has 0 aliphatic carbocycles. The van der Waals surface area contributed by atoms with E-state index < -0.39 is 0 Å². The Hall–Kier alpha value is -2.45. The molecule has 2 aromatic heterocycles. The van der Waals surface area contributed by atoms with E-state index in [-0.39, 0.29) is 30.8 Å². The predicted molar refractivity (Wildman–Crippen MR) is 113 cm³/mol. The van der Waals surface area contributed by atoms with Gasteiger partial charge < -0.3 is 26.3 Å². The van der Waals surface area contributed by atoms with E-state index in [4.69, 9.17) is 16.0 Å². The Bertz CT molecular complexity index is 843. The summed E-state index contributed by atoms with van der Waals surface area (Å²) in [4.78, 5) is 11.6. The zero-order chi connectivity index (χ0) is 17.5. The molecule has 2 heterocycles. The van der Waals surface area contributed by atoms with Gasteiger partial charge in [-0.25, -0.2) is 0 Å². The predicted octanol–water partition coefficient (Wildman–Crippen LogP) is 2.84. The number of para-hydroxylation sites is 1. The first-order valence-corrected chi connectivity index (χ1v) is 8.39. The lowest BCUT2D eigenvalue weighted by Crippen LogP contribution is -2.22. The lowest BCUT2D eigenvalue weighted by Gasteiger charge is -2.00. The van der Waals surface area contributed by atoms with Crippen LogP contribution >= 0.6 is 24.8 Å². The Labute approximate surface area is 170 Å². The fraction of sp³-hybridized carbons (Fsp3) is 0.353. The van der Waals surface area contributed by atoms with Crippen LogP contribution in [0.25, 0.3) is 10.9 Å². The third-order valence-electron chi connectivity index (χ3n) is 3.90. The first kappa shape index (κ1) is 22.6. The normalized spacial score (nSPS) is 10.1. The fourth-order valence-electron chi connectivity index (χ4n) is 2.66. The first-order chi connectivity index (χ1) is 12.2. The number of hydrogen-bond donors (Lipinski definition) is 4. The van der Waals surface area contributed by atoms with Crippen molar-refractivity contribution in [2.24, 2.45) is 16.5 Å². The molecule has 0 atom stereocenters. The summed E-state index contributed by atoms with van der Waals surface area (Å²) >= 11 is 0. The highest BCUT2D eigenvalue weighted by atomic mass is 35.5. The Morgan fingerprint density at radius 3 is 2.78 bits per heavy atom. The van der Waals surface area contributed by atoms with Crippen LogP contribution in [0.3, 0.4) is 0 Å². The van der Waals surface area contributed by atoms with Crippen LogP contribution in [-0.4, -0.2) is 34.2 Å². The van der Waals surface area contributed by atoms with Gasteiger partial charge in [0.15, 0.2) is 5.96 Å². The molecule has 3 rings (SSSR count). The standard InChI is InChI=1S/C17H23N7O.2ClH/c18-16(19)20-8-4-1-5-9-21-17-23-15(25-24-17)10-12-11-22-14-7-3-2-6-13(12)14;;/h2-3,6-7,11,22H,1,4-5,8-10H2,(H,21,24)(H4,18,19,20);2*1H. The fourth-order valence-corrected chi connectivity index (χ4v) is 2.66. The second-order valence-corrected chi connectivity index (χ2v) is 5.84. The monoisotopic (exact) mass is 413 g/mol. The van der Waals surface area contributed by atoms with Crippen LogP contribution in [0.5, 0.6) is 0 Å². The molecule has 0 radical (unpaired) electrons. The maximum absolute atomic E-state index is 5.33. The van der Waals surface area contributed by atoms with Crippen LogP contribution in [0.1, 0.15) is 30.7 Å². The summed E-state index contributed by atoms with van der Waals surface area (Å²) in [7, 11) is 0. The molecular formula is C17H25Cl2N7O. The Morgan fingerprint density at radius 2 is 1.96 bits per heavy atom. The van der Waals surface area contributed by atoms with E-state index in [0.29, 0.717) is 24.8 Å². The highest BCUT2D eigenvalue weighted by molar-refractivity contribution is 5.85. The molecule has 6 N–H and O–H groups in total. The highest BCUT2D eigenvalue weighted by Gasteiger charge is 2.10. The van der Waals surface area contributed by atoms with Crippen molar-refractivity contribution in [1.82, 2.24) is 15.1 Å². The van der Waals surface area contributed by atoms with Gasteiger partial charge in [0.05, 0.1) is 6.42 Å². The summed E-state index contributed by atoms with van der Waals surface area (Å²) in [5.41, 5.74) is 12.8. The average molecular weight is 414 g/mol. The molecule has 0 fully saturated rings. The summed E-state index contributed by atoms with van der Waals surface area (Å²) in [6.07, 6.45) is 5.57. The van der Waals surface area contributed by atoms with Gasteiger partial charge in [0.25, 0.3) is 5.95 Å². The molecule has 0 aliphatic heterocycles. The molecule has 27 heavy (non-hydrogen) atoms. The lowest BCUT2D eigenvalue weighted by molar-refractivity contribution is 0.386. The topological polar surface area (TPSA) is 131 Å². The second-order valence-electron chi connectivity index (χ2n) is 5.84. The summed E-state index contributed by atoms with van der Waals surface area (Å²) < 4.78 is 5.33. The van der Waals surface area contributed by atoms with Crippen LogP contribution in [0.15, 0.2) is 40.0 Å². The summed E-state index contributed by atoms with van der Waals surface area (Å²) in [6, 6.07) is 8.16. The quantitative estimate of drug-likeness (QED) is 0.242. The lowest BCUT2D eigenvalue weighted by atomic mass is 10.1. The molecular weight excluding hydrogens is 389 g/mol. The number of aromatic amines is 1. The van der Waals surface area contributed by atoms with E-state index in [1.54, 1.807) is 0 Å². The number of rotatable bonds is 9. The number of anilines is 1. The zero-order valence-corrected chi connectivity index (χ0v) is 16.5. The van der Waals surface area contributed by atoms with Gasteiger partial charge in [-0.05, 0) is 36.0 Å². The maximum Gasteiger partial charge on any atom is 0.263 e. The van der Waals surface area contributed by atoms with Gasteiger partial charge in [-0.2, -0.15) is 4.98 Å². The zero-order valence-electron chi connectivity index (χ0n) is 14.9. The van der Waals surface area contributed by atoms with Gasteiger partial charge in [0.2, 0.25) is 5.89 Å². The number of halogens is 2. The first-order valence-electron chi connectivity index (χ1n) is 8.39. The van der Waals surface area contributed by atoms with Crippen molar-refractivity contribution >= 4 is 47.6 Å². The number of H-pyrrole nitrogens is 1. The number of unbranched alkanes of at least 4 members (excludes halogenated alkanes) is 2. The SMILES string of the molecule is Cl.Cl.NC(N)=NCCCCCNc1noc(Cc2c[nH]c3ccccc23)n1. The van der Waals surface area contributed by atoms with Gasteiger partial charge >= 0.3 is 0 Å². The number of hydrogen-bond acceptors (Lipinski definition) is 5. The summed E-state index contributed by atoms with van der Waals surface area (Å²) in [5.74, 6) is 1.27. The molecule has 8 nitrogen and oxygen atoms in total. The van der Waals surface area contributed by atoms with E-state index in [9.17, 15) is 0 Å². The van der Waals surface area contributed by atoms with Crippen molar-refractivity contribution in [3.05, 3.63) is 41.9 Å². The molecule has 10 heteroatoms. The summed E-state index contributed by atoms with van der Waals surface area (Å²) in [6.45, 7) is 1.45. The smallest absolute Gasteiger partial charge is 0.263 e. The molecule has 0 saturated carbocycles. The van der Waals surface area contributed by atoms with E-state index in [1.807, 2.05) is 24.4 Å². The number of aromatic nitrogens is 3. The molecule has 3 aromatic rings. The molecule has 0 bridgehead atoms. The molecule has 0 saturated heterocycles. The van der Waals surface area contributed by atoms with Gasteiger partial charge in [-0.1, -0.05) is 18.2 Å². The van der Waals surface area contributed by atoms with Crippen molar-refractivity contribution in [1.29, 1.82) is 0 Å². The third kappa shape index (κ3) is 6.65. The number of guanidine groups is 1. The van der Waals surface area contributed by atoms with E-state index in [0.717, 1.165) is 36.9 Å².